The summed E-state index contributed by atoms with van der Waals surface area (Å²) in [5.41, 5.74) is 0. The molecule has 0 bridgehead atoms. The Labute approximate surface area is 76.1 Å². The summed E-state index contributed by atoms with van der Waals surface area (Å²) in [6.07, 6.45) is -4.00. The fourth-order valence-corrected chi connectivity index (χ4v) is 0.602. The summed E-state index contributed by atoms with van der Waals surface area (Å²) in [4.78, 5) is 9.82. The standard InChI is InChI=1S/C6H12O5.ClH/c7-2-1-4(9)6(11)5(10)3-8;/h2,4-6,8-11H,1,3H2;1H/t4-,5-,6-;/m1./s1. The zero-order valence-corrected chi connectivity index (χ0v) is 7.15. The number of hydrogen-bond donors (Lipinski definition) is 4. The molecule has 12 heavy (non-hydrogen) atoms. The van der Waals surface area contributed by atoms with Crippen LogP contribution in [-0.4, -0.2) is 51.6 Å². The molecule has 0 aromatic heterocycles. The van der Waals surface area contributed by atoms with E-state index >= 15 is 0 Å². The SMILES string of the molecule is Cl.O=CC[C@@H](O)[C@@H](O)[C@H](O)CO. The van der Waals surface area contributed by atoms with E-state index in [9.17, 15) is 4.79 Å². The Hall–Kier alpha value is -0.200. The van der Waals surface area contributed by atoms with Crippen molar-refractivity contribution in [2.24, 2.45) is 0 Å². The second kappa shape index (κ2) is 7.45. The summed E-state index contributed by atoms with van der Waals surface area (Å²) < 4.78 is 0. The molecule has 0 fully saturated rings. The lowest BCUT2D eigenvalue weighted by Gasteiger charge is -2.19. The predicted molar refractivity (Wildman–Crippen MR) is 43.0 cm³/mol. The van der Waals surface area contributed by atoms with E-state index in [0.29, 0.717) is 6.29 Å². The largest absolute Gasteiger partial charge is 0.394 e. The van der Waals surface area contributed by atoms with Gasteiger partial charge in [-0.15, -0.1) is 12.4 Å². The average molecular weight is 201 g/mol. The summed E-state index contributed by atoms with van der Waals surface area (Å²) in [6.45, 7) is -0.642. The third kappa shape index (κ3) is 4.63. The highest BCUT2D eigenvalue weighted by molar-refractivity contribution is 5.85. The van der Waals surface area contributed by atoms with Crippen LogP contribution in [0.5, 0.6) is 0 Å². The van der Waals surface area contributed by atoms with Gasteiger partial charge in [0, 0.05) is 6.42 Å². The van der Waals surface area contributed by atoms with Crippen LogP contribution in [0.2, 0.25) is 0 Å². The van der Waals surface area contributed by atoms with Crippen molar-refractivity contribution in [3.05, 3.63) is 0 Å². The number of rotatable bonds is 5. The number of carbonyl (C=O) groups excluding carboxylic acids is 1. The fraction of sp³-hybridized carbons (Fsp3) is 0.833. The molecule has 0 amide bonds. The molecule has 6 heteroatoms. The molecule has 0 saturated heterocycles. The molecule has 0 aliphatic rings. The summed E-state index contributed by atoms with van der Waals surface area (Å²) in [5, 5.41) is 34.8. The van der Waals surface area contributed by atoms with Crippen molar-refractivity contribution in [3.63, 3.8) is 0 Å². The van der Waals surface area contributed by atoms with E-state index < -0.39 is 24.9 Å². The van der Waals surface area contributed by atoms with Crippen molar-refractivity contribution < 1.29 is 25.2 Å². The lowest BCUT2D eigenvalue weighted by molar-refractivity contribution is -0.115. The van der Waals surface area contributed by atoms with Crippen molar-refractivity contribution in [1.82, 2.24) is 0 Å². The lowest BCUT2D eigenvalue weighted by atomic mass is 10.1. The molecule has 0 aliphatic carbocycles. The maximum atomic E-state index is 9.82. The molecule has 0 unspecified atom stereocenters. The Morgan fingerprint density at radius 2 is 1.67 bits per heavy atom. The molecule has 0 aromatic carbocycles. The van der Waals surface area contributed by atoms with Crippen LogP contribution in [0, 0.1) is 0 Å². The summed E-state index contributed by atoms with van der Waals surface area (Å²) >= 11 is 0. The van der Waals surface area contributed by atoms with Crippen LogP contribution in [0.4, 0.5) is 0 Å². The van der Waals surface area contributed by atoms with E-state index in [1.165, 1.54) is 0 Å². The molecule has 3 atom stereocenters. The number of halogens is 1. The molecular weight excluding hydrogens is 188 g/mol. The third-order valence-corrected chi connectivity index (χ3v) is 1.31. The Balaban J connectivity index is 0. The van der Waals surface area contributed by atoms with Crippen LogP contribution >= 0.6 is 12.4 Å². The third-order valence-electron chi connectivity index (χ3n) is 1.31. The monoisotopic (exact) mass is 200 g/mol. The van der Waals surface area contributed by atoms with Gasteiger partial charge in [0.05, 0.1) is 12.7 Å². The number of aldehydes is 1. The van der Waals surface area contributed by atoms with Crippen molar-refractivity contribution in [1.29, 1.82) is 0 Å². The maximum absolute atomic E-state index is 9.82. The van der Waals surface area contributed by atoms with E-state index in [0.717, 1.165) is 0 Å². The quantitative estimate of drug-likeness (QED) is 0.388. The van der Waals surface area contributed by atoms with Gasteiger partial charge < -0.3 is 25.2 Å². The molecule has 0 rings (SSSR count). The first-order chi connectivity index (χ1) is 5.13. The molecular formula is C6H13ClO5. The normalized spacial score (nSPS) is 17.3. The minimum Gasteiger partial charge on any atom is -0.394 e. The van der Waals surface area contributed by atoms with Gasteiger partial charge in [-0.3, -0.25) is 0 Å². The molecule has 74 valence electrons. The number of carbonyl (C=O) groups is 1. The Morgan fingerprint density at radius 1 is 1.17 bits per heavy atom. The van der Waals surface area contributed by atoms with Gasteiger partial charge >= 0.3 is 0 Å². The highest BCUT2D eigenvalue weighted by atomic mass is 35.5. The zero-order chi connectivity index (χ0) is 8.85. The maximum Gasteiger partial charge on any atom is 0.122 e. The van der Waals surface area contributed by atoms with Crippen LogP contribution < -0.4 is 0 Å². The Kier molecular flexibility index (Phi) is 8.90. The topological polar surface area (TPSA) is 98.0 Å². The number of aliphatic hydroxyl groups excluding tert-OH is 4. The van der Waals surface area contributed by atoms with Crippen LogP contribution in [-0.2, 0) is 4.79 Å². The highest BCUT2D eigenvalue weighted by Gasteiger charge is 2.23. The van der Waals surface area contributed by atoms with E-state index in [1.807, 2.05) is 0 Å². The minimum absolute atomic E-state index is 0. The first-order valence-electron chi connectivity index (χ1n) is 3.22. The first-order valence-corrected chi connectivity index (χ1v) is 3.22. The summed E-state index contributed by atoms with van der Waals surface area (Å²) in [7, 11) is 0. The molecule has 0 aromatic rings. The molecule has 0 saturated carbocycles. The van der Waals surface area contributed by atoms with Gasteiger partial charge in [0.2, 0.25) is 0 Å². The summed E-state index contributed by atoms with van der Waals surface area (Å²) in [5.74, 6) is 0. The molecule has 0 radical (unpaired) electrons. The van der Waals surface area contributed by atoms with Crippen molar-refractivity contribution in [3.8, 4) is 0 Å². The molecule has 4 N–H and O–H groups in total. The lowest BCUT2D eigenvalue weighted by Crippen LogP contribution is -2.39. The molecule has 0 spiro atoms. The molecule has 0 aliphatic heterocycles. The van der Waals surface area contributed by atoms with E-state index in [1.54, 1.807) is 0 Å². The van der Waals surface area contributed by atoms with Crippen LogP contribution in [0.1, 0.15) is 6.42 Å². The van der Waals surface area contributed by atoms with Crippen LogP contribution in [0.25, 0.3) is 0 Å². The van der Waals surface area contributed by atoms with Crippen molar-refractivity contribution in [2.75, 3.05) is 6.61 Å². The van der Waals surface area contributed by atoms with Gasteiger partial charge in [-0.05, 0) is 0 Å². The second-order valence-electron chi connectivity index (χ2n) is 2.21. The van der Waals surface area contributed by atoms with Crippen molar-refractivity contribution in [2.45, 2.75) is 24.7 Å². The van der Waals surface area contributed by atoms with Gasteiger partial charge in [-0.25, -0.2) is 0 Å². The van der Waals surface area contributed by atoms with Gasteiger partial charge in [0.15, 0.2) is 0 Å². The molecule has 5 nitrogen and oxygen atoms in total. The van der Waals surface area contributed by atoms with E-state index in [2.05, 4.69) is 0 Å². The first kappa shape index (κ1) is 14.3. The molecule has 0 heterocycles. The minimum atomic E-state index is -1.47. The second-order valence-corrected chi connectivity index (χ2v) is 2.21. The average Bonchev–Trinajstić information content (AvgIpc) is 2.02. The van der Waals surface area contributed by atoms with Crippen LogP contribution in [0.15, 0.2) is 0 Å². The fourth-order valence-electron chi connectivity index (χ4n) is 0.602. The van der Waals surface area contributed by atoms with Gasteiger partial charge in [-0.2, -0.15) is 0 Å². The van der Waals surface area contributed by atoms with Gasteiger partial charge in [0.1, 0.15) is 18.5 Å². The summed E-state index contributed by atoms with van der Waals surface area (Å²) in [6, 6.07) is 0. The number of hydrogen-bond acceptors (Lipinski definition) is 5. The van der Waals surface area contributed by atoms with Crippen molar-refractivity contribution >= 4 is 18.7 Å². The number of aliphatic hydroxyl groups is 4. The highest BCUT2D eigenvalue weighted by Crippen LogP contribution is 2.01. The predicted octanol–water partition coefficient (Wildman–Crippen LogP) is -1.93. The van der Waals surface area contributed by atoms with Crippen LogP contribution in [0.3, 0.4) is 0 Å². The Morgan fingerprint density at radius 3 is 2.00 bits per heavy atom. The van der Waals surface area contributed by atoms with E-state index in [4.69, 9.17) is 20.4 Å². The van der Waals surface area contributed by atoms with Gasteiger partial charge in [-0.1, -0.05) is 0 Å². The van der Waals surface area contributed by atoms with Gasteiger partial charge in [0.25, 0.3) is 0 Å². The smallest absolute Gasteiger partial charge is 0.122 e. The Bertz CT molecular complexity index is 121. The zero-order valence-electron chi connectivity index (χ0n) is 6.33. The van der Waals surface area contributed by atoms with E-state index in [-0.39, 0.29) is 18.8 Å².